The van der Waals surface area contributed by atoms with Crippen molar-refractivity contribution in [1.82, 2.24) is 0 Å². The van der Waals surface area contributed by atoms with Crippen LogP contribution in [-0.4, -0.2) is 24.3 Å². The van der Waals surface area contributed by atoms with Gasteiger partial charge in [0, 0.05) is 18.8 Å². The molecule has 0 heterocycles. The lowest BCUT2D eigenvalue weighted by Crippen LogP contribution is -1.92. The summed E-state index contributed by atoms with van der Waals surface area (Å²) in [4.78, 5) is 9.60. The van der Waals surface area contributed by atoms with Gasteiger partial charge in [0.05, 0.1) is 0 Å². The average molecular weight is 160 g/mol. The number of aliphatic carboxylic acids is 1. The molecule has 0 aromatic carbocycles. The van der Waals surface area contributed by atoms with Crippen LogP contribution in [-0.2, 0) is 9.53 Å². The molecule has 0 aromatic rings. The summed E-state index contributed by atoms with van der Waals surface area (Å²) in [5.74, 6) is -0.935. The third-order valence-electron chi connectivity index (χ3n) is 0.773. The molecule has 0 saturated carbocycles. The Labute approximate surface area is 67.7 Å². The molecule has 0 amide bonds. The van der Waals surface area contributed by atoms with E-state index in [0.29, 0.717) is 0 Å². The fourth-order valence-corrected chi connectivity index (χ4v) is 0.204. The van der Waals surface area contributed by atoms with Gasteiger partial charge in [0.25, 0.3) is 0 Å². The maximum Gasteiger partial charge on any atom is 0.330 e. The van der Waals surface area contributed by atoms with Gasteiger partial charge in [0.1, 0.15) is 0 Å². The first-order valence-electron chi connectivity index (χ1n) is 3.52. The molecule has 0 saturated heterocycles. The van der Waals surface area contributed by atoms with Crippen LogP contribution in [0, 0.1) is 0 Å². The van der Waals surface area contributed by atoms with E-state index in [9.17, 15) is 4.79 Å². The summed E-state index contributed by atoms with van der Waals surface area (Å²) >= 11 is 0. The molecule has 3 nitrogen and oxygen atoms in total. The fourth-order valence-electron chi connectivity index (χ4n) is 0.204. The van der Waals surface area contributed by atoms with Crippen molar-refractivity contribution in [2.75, 3.05) is 13.2 Å². The van der Waals surface area contributed by atoms with E-state index in [1.54, 1.807) is 0 Å². The van der Waals surface area contributed by atoms with Gasteiger partial charge in [0.15, 0.2) is 0 Å². The van der Waals surface area contributed by atoms with Gasteiger partial charge in [0.2, 0.25) is 0 Å². The zero-order valence-corrected chi connectivity index (χ0v) is 7.39. The van der Waals surface area contributed by atoms with Crippen molar-refractivity contribution in [2.24, 2.45) is 0 Å². The lowest BCUT2D eigenvalue weighted by molar-refractivity contribution is -0.132. The van der Waals surface area contributed by atoms with Crippen LogP contribution in [0.3, 0.4) is 0 Å². The van der Waals surface area contributed by atoms with Crippen LogP contribution in [0.25, 0.3) is 0 Å². The largest absolute Gasteiger partial charge is 0.478 e. The second-order valence-corrected chi connectivity index (χ2v) is 1.87. The van der Waals surface area contributed by atoms with E-state index in [1.807, 2.05) is 13.8 Å². The minimum absolute atomic E-state index is 0.176. The molecular weight excluding hydrogens is 144 g/mol. The topological polar surface area (TPSA) is 46.5 Å². The Balaban J connectivity index is 0. The second-order valence-electron chi connectivity index (χ2n) is 1.87. The Bertz CT molecular complexity index is 105. The summed E-state index contributed by atoms with van der Waals surface area (Å²) in [6, 6.07) is 0. The quantitative estimate of drug-likeness (QED) is 0.639. The third kappa shape index (κ3) is 17.6. The van der Waals surface area contributed by atoms with E-state index in [-0.39, 0.29) is 5.57 Å². The fraction of sp³-hybridized carbons (Fsp3) is 0.625. The van der Waals surface area contributed by atoms with E-state index in [4.69, 9.17) is 9.84 Å². The number of carbonyl (C=O) groups is 1. The third-order valence-corrected chi connectivity index (χ3v) is 0.773. The van der Waals surface area contributed by atoms with E-state index in [1.165, 1.54) is 6.92 Å². The van der Waals surface area contributed by atoms with Gasteiger partial charge < -0.3 is 9.84 Å². The van der Waals surface area contributed by atoms with Crippen molar-refractivity contribution < 1.29 is 14.6 Å². The minimum atomic E-state index is -0.935. The zero-order valence-electron chi connectivity index (χ0n) is 7.39. The summed E-state index contributed by atoms with van der Waals surface area (Å²) in [5, 5.41) is 7.89. The Hall–Kier alpha value is -0.830. The lowest BCUT2D eigenvalue weighted by atomic mass is 10.4. The molecule has 0 aliphatic carbocycles. The number of hydrogen-bond donors (Lipinski definition) is 1. The molecule has 1 N–H and O–H groups in total. The first-order chi connectivity index (χ1) is 5.06. The molecule has 66 valence electrons. The number of carboxylic acid groups (broad SMARTS) is 1. The zero-order chi connectivity index (χ0) is 9.28. The van der Waals surface area contributed by atoms with Crippen molar-refractivity contribution >= 4 is 5.97 Å². The van der Waals surface area contributed by atoms with E-state index in [2.05, 4.69) is 6.58 Å². The van der Waals surface area contributed by atoms with Crippen molar-refractivity contribution in [1.29, 1.82) is 0 Å². The van der Waals surface area contributed by atoms with Gasteiger partial charge in [-0.25, -0.2) is 4.79 Å². The smallest absolute Gasteiger partial charge is 0.330 e. The van der Waals surface area contributed by atoms with E-state index >= 15 is 0 Å². The van der Waals surface area contributed by atoms with E-state index in [0.717, 1.165) is 13.2 Å². The number of ether oxygens (including phenoxy) is 1. The standard InChI is InChI=1S/C4H6O2.C4H10O/c1-3(2)4(5)6;1-3-5-4-2/h1H2,2H3,(H,5,6);3-4H2,1-2H3. The number of carboxylic acids is 1. The highest BCUT2D eigenvalue weighted by molar-refractivity contribution is 5.84. The molecule has 0 atom stereocenters. The SMILES string of the molecule is C=C(C)C(=O)O.CCOCC. The molecule has 0 aromatic heterocycles. The van der Waals surface area contributed by atoms with Crippen LogP contribution in [0.4, 0.5) is 0 Å². The maximum atomic E-state index is 9.60. The summed E-state index contributed by atoms with van der Waals surface area (Å²) in [5.41, 5.74) is 0.176. The van der Waals surface area contributed by atoms with E-state index < -0.39 is 5.97 Å². The Morgan fingerprint density at radius 3 is 1.73 bits per heavy atom. The predicted molar refractivity (Wildman–Crippen MR) is 44.6 cm³/mol. The highest BCUT2D eigenvalue weighted by Crippen LogP contribution is 1.81. The molecule has 3 heteroatoms. The summed E-state index contributed by atoms with van der Waals surface area (Å²) < 4.78 is 4.83. The molecule has 0 aliphatic rings. The number of hydrogen-bond acceptors (Lipinski definition) is 2. The summed E-state index contributed by atoms with van der Waals surface area (Å²) in [6.45, 7) is 10.3. The molecule has 0 fully saturated rings. The van der Waals surface area contributed by atoms with Gasteiger partial charge in [-0.2, -0.15) is 0 Å². The van der Waals surface area contributed by atoms with Gasteiger partial charge in [-0.1, -0.05) is 6.58 Å². The second kappa shape index (κ2) is 9.17. The molecular formula is C8H16O3. The Kier molecular flexibility index (Phi) is 10.7. The molecule has 0 bridgehead atoms. The van der Waals surface area contributed by atoms with Crippen molar-refractivity contribution in [3.63, 3.8) is 0 Å². The van der Waals surface area contributed by atoms with Crippen LogP contribution in [0.1, 0.15) is 20.8 Å². The maximum absolute atomic E-state index is 9.60. The van der Waals surface area contributed by atoms with Gasteiger partial charge in [-0.3, -0.25) is 0 Å². The molecule has 0 aliphatic heterocycles. The van der Waals surface area contributed by atoms with Gasteiger partial charge in [-0.05, 0) is 20.8 Å². The predicted octanol–water partition coefficient (Wildman–Crippen LogP) is 1.69. The molecule has 0 rings (SSSR count). The van der Waals surface area contributed by atoms with Crippen LogP contribution in [0.15, 0.2) is 12.2 Å². The Morgan fingerprint density at radius 1 is 1.45 bits per heavy atom. The first kappa shape index (κ1) is 12.8. The Morgan fingerprint density at radius 2 is 1.73 bits per heavy atom. The molecule has 0 spiro atoms. The minimum Gasteiger partial charge on any atom is -0.478 e. The molecule has 0 unspecified atom stereocenters. The van der Waals surface area contributed by atoms with Crippen LogP contribution < -0.4 is 0 Å². The normalized spacial score (nSPS) is 7.91. The highest BCUT2D eigenvalue weighted by Gasteiger charge is 1.90. The molecule has 0 radical (unpaired) electrons. The number of rotatable bonds is 3. The van der Waals surface area contributed by atoms with Gasteiger partial charge in [-0.15, -0.1) is 0 Å². The van der Waals surface area contributed by atoms with Crippen molar-refractivity contribution in [2.45, 2.75) is 20.8 Å². The van der Waals surface area contributed by atoms with Crippen molar-refractivity contribution in [3.8, 4) is 0 Å². The monoisotopic (exact) mass is 160 g/mol. The first-order valence-corrected chi connectivity index (χ1v) is 3.52. The van der Waals surface area contributed by atoms with Crippen LogP contribution >= 0.6 is 0 Å². The van der Waals surface area contributed by atoms with Crippen LogP contribution in [0.2, 0.25) is 0 Å². The van der Waals surface area contributed by atoms with Crippen molar-refractivity contribution in [3.05, 3.63) is 12.2 Å². The summed E-state index contributed by atoms with van der Waals surface area (Å²) in [7, 11) is 0. The summed E-state index contributed by atoms with van der Waals surface area (Å²) in [6.07, 6.45) is 0. The average Bonchev–Trinajstić information content (AvgIpc) is 1.90. The highest BCUT2D eigenvalue weighted by atomic mass is 16.5. The lowest BCUT2D eigenvalue weighted by Gasteiger charge is -1.86. The molecule has 11 heavy (non-hydrogen) atoms. The van der Waals surface area contributed by atoms with Gasteiger partial charge >= 0.3 is 5.97 Å². The van der Waals surface area contributed by atoms with Crippen LogP contribution in [0.5, 0.6) is 0 Å².